The summed E-state index contributed by atoms with van der Waals surface area (Å²) >= 11 is 0. The van der Waals surface area contributed by atoms with E-state index in [2.05, 4.69) is 22.3 Å². The van der Waals surface area contributed by atoms with Gasteiger partial charge in [-0.25, -0.2) is 0 Å². The topological polar surface area (TPSA) is 58.2 Å². The first kappa shape index (κ1) is 14.5. The number of benzene rings is 1. The minimum absolute atomic E-state index is 0.0266. The van der Waals surface area contributed by atoms with Gasteiger partial charge in [-0.1, -0.05) is 30.3 Å². The number of aromatic amines is 1. The Bertz CT molecular complexity index is 652. The second-order valence-corrected chi connectivity index (χ2v) is 6.47. The number of hydrogen-bond donors (Lipinski definition) is 1. The molecule has 0 radical (unpaired) electrons. The molecule has 4 rings (SSSR count). The van der Waals surface area contributed by atoms with E-state index in [0.717, 1.165) is 11.3 Å². The summed E-state index contributed by atoms with van der Waals surface area (Å²) in [6, 6.07) is 12.1. The number of rotatable bonds is 4. The van der Waals surface area contributed by atoms with Crippen LogP contribution in [0, 0.1) is 5.92 Å². The van der Waals surface area contributed by atoms with Crippen LogP contribution >= 0.6 is 0 Å². The third kappa shape index (κ3) is 3.29. The Morgan fingerprint density at radius 1 is 1.22 bits per heavy atom. The summed E-state index contributed by atoms with van der Waals surface area (Å²) in [5.74, 6) is 0.757. The average Bonchev–Trinajstić information content (AvgIpc) is 3.33. The van der Waals surface area contributed by atoms with E-state index in [1.807, 2.05) is 29.2 Å². The number of amides is 1. The monoisotopic (exact) mass is 311 g/mol. The summed E-state index contributed by atoms with van der Waals surface area (Å²) in [5, 5.41) is 6.78. The minimum atomic E-state index is -0.0266. The molecule has 23 heavy (non-hydrogen) atoms. The highest BCUT2D eigenvalue weighted by Crippen LogP contribution is 2.39. The first-order valence-corrected chi connectivity index (χ1v) is 8.26. The van der Waals surface area contributed by atoms with E-state index >= 15 is 0 Å². The molecule has 2 aliphatic rings. The molecule has 5 nitrogen and oxygen atoms in total. The standard InChI is InChI=1S/C18H21N3O2/c22-18(10-15-8-9-19-20-15)21-11-16(13-4-2-1-3-5-13)23-17(12-21)14-6-7-14/h1-5,8-9,14,16-17H,6-7,10-12H2,(H,19,20)/t16-,17+/m0/s1. The van der Waals surface area contributed by atoms with Crippen LogP contribution in [0.1, 0.15) is 30.2 Å². The van der Waals surface area contributed by atoms with Crippen LogP contribution in [0.25, 0.3) is 0 Å². The molecule has 2 aromatic rings. The maximum Gasteiger partial charge on any atom is 0.228 e. The van der Waals surface area contributed by atoms with Crippen molar-refractivity contribution in [3.05, 3.63) is 53.9 Å². The number of morpholine rings is 1. The predicted octanol–water partition coefficient (Wildman–Crippen LogP) is 2.33. The van der Waals surface area contributed by atoms with E-state index in [1.165, 1.54) is 12.8 Å². The lowest BCUT2D eigenvalue weighted by Crippen LogP contribution is -2.48. The summed E-state index contributed by atoms with van der Waals surface area (Å²) in [4.78, 5) is 14.6. The van der Waals surface area contributed by atoms with Crippen LogP contribution in [0.15, 0.2) is 42.6 Å². The molecule has 1 saturated heterocycles. The number of nitrogens with one attached hydrogen (secondary N) is 1. The number of carbonyl (C=O) groups is 1. The van der Waals surface area contributed by atoms with Gasteiger partial charge in [-0.3, -0.25) is 9.89 Å². The van der Waals surface area contributed by atoms with E-state index in [4.69, 9.17) is 4.74 Å². The third-order valence-corrected chi connectivity index (χ3v) is 4.70. The van der Waals surface area contributed by atoms with Gasteiger partial charge in [0.1, 0.15) is 6.10 Å². The largest absolute Gasteiger partial charge is 0.366 e. The van der Waals surface area contributed by atoms with Crippen LogP contribution in [0.2, 0.25) is 0 Å². The molecule has 120 valence electrons. The molecule has 2 fully saturated rings. The molecule has 1 aromatic carbocycles. The van der Waals surface area contributed by atoms with Gasteiger partial charge in [-0.15, -0.1) is 0 Å². The number of carbonyl (C=O) groups excluding carboxylic acids is 1. The fraction of sp³-hybridized carbons (Fsp3) is 0.444. The lowest BCUT2D eigenvalue weighted by molar-refractivity contribution is -0.147. The maximum absolute atomic E-state index is 12.7. The van der Waals surface area contributed by atoms with Crippen molar-refractivity contribution in [2.45, 2.75) is 31.5 Å². The SMILES string of the molecule is O=C(Cc1ccn[nH]1)N1C[C@@H](c2ccccc2)O[C@@H](C2CC2)C1. The molecule has 1 N–H and O–H groups in total. The van der Waals surface area contributed by atoms with Crippen LogP contribution in [0.3, 0.4) is 0 Å². The predicted molar refractivity (Wildman–Crippen MR) is 85.7 cm³/mol. The van der Waals surface area contributed by atoms with Gasteiger partial charge in [0, 0.05) is 18.4 Å². The van der Waals surface area contributed by atoms with Crippen molar-refractivity contribution < 1.29 is 9.53 Å². The van der Waals surface area contributed by atoms with Crippen LogP contribution in [-0.2, 0) is 16.0 Å². The van der Waals surface area contributed by atoms with Gasteiger partial charge in [-0.05, 0) is 30.4 Å². The molecule has 2 atom stereocenters. The van der Waals surface area contributed by atoms with E-state index in [9.17, 15) is 4.79 Å². The normalized spacial score (nSPS) is 24.6. The van der Waals surface area contributed by atoms with Crippen LogP contribution in [0.5, 0.6) is 0 Å². The van der Waals surface area contributed by atoms with Crippen molar-refractivity contribution in [3.8, 4) is 0 Å². The maximum atomic E-state index is 12.7. The summed E-state index contributed by atoms with van der Waals surface area (Å²) in [6.07, 6.45) is 4.63. The second-order valence-electron chi connectivity index (χ2n) is 6.47. The van der Waals surface area contributed by atoms with Gasteiger partial charge < -0.3 is 9.64 Å². The first-order chi connectivity index (χ1) is 11.3. The van der Waals surface area contributed by atoms with Crippen molar-refractivity contribution in [1.29, 1.82) is 0 Å². The van der Waals surface area contributed by atoms with Crippen LogP contribution in [0.4, 0.5) is 0 Å². The molecule has 1 saturated carbocycles. The lowest BCUT2D eigenvalue weighted by atomic mass is 10.0. The highest BCUT2D eigenvalue weighted by molar-refractivity contribution is 5.78. The van der Waals surface area contributed by atoms with Crippen LogP contribution in [-0.4, -0.2) is 40.2 Å². The van der Waals surface area contributed by atoms with Gasteiger partial charge in [0.2, 0.25) is 5.91 Å². The van der Waals surface area contributed by atoms with Gasteiger partial charge in [0.25, 0.3) is 0 Å². The Kier molecular flexibility index (Phi) is 3.87. The van der Waals surface area contributed by atoms with E-state index in [0.29, 0.717) is 25.4 Å². The molecule has 1 aliphatic carbocycles. The quantitative estimate of drug-likeness (QED) is 0.943. The number of hydrogen-bond acceptors (Lipinski definition) is 3. The minimum Gasteiger partial charge on any atom is -0.366 e. The van der Waals surface area contributed by atoms with Gasteiger partial charge >= 0.3 is 0 Å². The Labute approximate surface area is 135 Å². The molecule has 1 amide bonds. The molecule has 0 spiro atoms. The molecule has 0 bridgehead atoms. The van der Waals surface area contributed by atoms with Crippen LogP contribution < -0.4 is 0 Å². The molecule has 1 aliphatic heterocycles. The summed E-state index contributed by atoms with van der Waals surface area (Å²) < 4.78 is 6.30. The fourth-order valence-corrected chi connectivity index (χ4v) is 3.23. The zero-order valence-corrected chi connectivity index (χ0v) is 13.0. The van der Waals surface area contributed by atoms with Crippen molar-refractivity contribution in [3.63, 3.8) is 0 Å². The molecule has 5 heteroatoms. The van der Waals surface area contributed by atoms with E-state index in [-0.39, 0.29) is 18.1 Å². The number of ether oxygens (including phenoxy) is 1. The smallest absolute Gasteiger partial charge is 0.228 e. The lowest BCUT2D eigenvalue weighted by Gasteiger charge is -2.38. The van der Waals surface area contributed by atoms with Gasteiger partial charge in [0.05, 0.1) is 19.1 Å². The Morgan fingerprint density at radius 3 is 2.74 bits per heavy atom. The summed E-state index contributed by atoms with van der Waals surface area (Å²) in [7, 11) is 0. The summed E-state index contributed by atoms with van der Waals surface area (Å²) in [5.41, 5.74) is 2.01. The zero-order chi connectivity index (χ0) is 15.6. The van der Waals surface area contributed by atoms with Crippen molar-refractivity contribution in [2.75, 3.05) is 13.1 Å². The third-order valence-electron chi connectivity index (χ3n) is 4.70. The van der Waals surface area contributed by atoms with Crippen molar-refractivity contribution in [1.82, 2.24) is 15.1 Å². The Balaban J connectivity index is 1.50. The number of H-pyrrole nitrogens is 1. The van der Waals surface area contributed by atoms with E-state index in [1.54, 1.807) is 6.20 Å². The van der Waals surface area contributed by atoms with Gasteiger partial charge in [-0.2, -0.15) is 5.10 Å². The van der Waals surface area contributed by atoms with Crippen molar-refractivity contribution in [2.24, 2.45) is 5.92 Å². The van der Waals surface area contributed by atoms with Gasteiger partial charge in [0.15, 0.2) is 0 Å². The Morgan fingerprint density at radius 2 is 2.04 bits per heavy atom. The zero-order valence-electron chi connectivity index (χ0n) is 13.0. The number of nitrogens with zero attached hydrogens (tertiary/aromatic N) is 2. The second kappa shape index (κ2) is 6.16. The van der Waals surface area contributed by atoms with E-state index < -0.39 is 0 Å². The highest BCUT2D eigenvalue weighted by Gasteiger charge is 2.40. The molecule has 0 unspecified atom stereocenters. The number of aromatic nitrogens is 2. The first-order valence-electron chi connectivity index (χ1n) is 8.26. The van der Waals surface area contributed by atoms with Crippen molar-refractivity contribution >= 4 is 5.91 Å². The molecular formula is C18H21N3O2. The molecule has 1 aromatic heterocycles. The highest BCUT2D eigenvalue weighted by atomic mass is 16.5. The average molecular weight is 311 g/mol. The summed E-state index contributed by atoms with van der Waals surface area (Å²) in [6.45, 7) is 1.33. The molecule has 2 heterocycles. The molecular weight excluding hydrogens is 290 g/mol. The Hall–Kier alpha value is -2.14. The fourth-order valence-electron chi connectivity index (χ4n) is 3.23.